The van der Waals surface area contributed by atoms with Crippen LogP contribution >= 0.6 is 0 Å². The third kappa shape index (κ3) is 15.1. The second-order valence-electron chi connectivity index (χ2n) is 20.7. The zero-order valence-electron chi connectivity index (χ0n) is 42.7. The molecule has 0 bridgehead atoms. The Kier molecular flexibility index (Phi) is 22.9. The van der Waals surface area contributed by atoms with E-state index in [2.05, 4.69) is 32.9 Å². The molecule has 25 heteroatoms. The van der Waals surface area contributed by atoms with Crippen LogP contribution in [0, 0.1) is 5.41 Å². The van der Waals surface area contributed by atoms with Gasteiger partial charge in [0, 0.05) is 6.42 Å². The predicted octanol–water partition coefficient (Wildman–Crippen LogP) is -4.34. The number of aliphatic hydroxyl groups is 15. The molecule has 0 saturated carbocycles. The number of hydrogen-bond acceptors (Lipinski definition) is 25. The third-order valence-electron chi connectivity index (χ3n) is 14.5. The second kappa shape index (κ2) is 27.7. The number of ether oxygens (including phenoxy) is 10. The van der Waals surface area contributed by atoms with Crippen LogP contribution in [0.15, 0.2) is 58.7 Å². The first-order valence-electron chi connectivity index (χ1n) is 25.3. The highest BCUT2D eigenvalue weighted by molar-refractivity contribution is 5.37. The molecule has 5 aliphatic heterocycles. The van der Waals surface area contributed by atoms with E-state index in [0.717, 1.165) is 24.8 Å². The van der Waals surface area contributed by atoms with Crippen molar-refractivity contribution >= 4 is 0 Å². The Bertz CT molecular complexity index is 1940. The first-order valence-corrected chi connectivity index (χ1v) is 25.3. The molecule has 0 aromatic rings. The van der Waals surface area contributed by atoms with Crippen LogP contribution in [0.1, 0.15) is 60.3 Å². The molecule has 5 saturated heterocycles. The van der Waals surface area contributed by atoms with E-state index in [-0.39, 0.29) is 18.4 Å². The monoisotopic (exact) mass is 1080 g/mol. The average Bonchev–Trinajstić information content (AvgIpc) is 3.36. The van der Waals surface area contributed by atoms with Crippen molar-refractivity contribution in [1.29, 1.82) is 0 Å². The standard InChI is InChI=1S/C50H80O25/c1-22(11-12-25-24(3)10-7-13-50(25,4)5)8-6-9-23(2)14-34(58)67-21-33-45(72-46-27(56)15-26(55)29(16-51)68-46)38(62)41(65)49(71-33)75-44-32(19-54)70-48(40(64)37(44)61)74-43-31(18-53)69-47(39(63)36(43)60)73-42-30(17-52)66-20-28(57)35(42)59/h6,8-9,11-12,14,26-49,51-65H,7,10,13,15-21H2,1-5H3/b9-6+,12-11+,22-8+,23-14+. The molecule has 430 valence electrons. The van der Waals surface area contributed by atoms with E-state index < -0.39 is 180 Å². The quantitative estimate of drug-likeness (QED) is 0.0405. The summed E-state index contributed by atoms with van der Waals surface area (Å²) in [5.74, 6) is 0. The maximum Gasteiger partial charge on any atom is 0.187 e. The summed E-state index contributed by atoms with van der Waals surface area (Å²) in [6.07, 6.45) is -26.5. The molecule has 0 aromatic heterocycles. The third-order valence-corrected chi connectivity index (χ3v) is 14.5. The number of aliphatic hydroxyl groups excluding tert-OH is 15. The first-order chi connectivity index (χ1) is 35.5. The van der Waals surface area contributed by atoms with Crippen molar-refractivity contribution in [2.45, 2.75) is 208 Å². The summed E-state index contributed by atoms with van der Waals surface area (Å²) in [5, 5.41) is 161. The molecule has 5 fully saturated rings. The van der Waals surface area contributed by atoms with Crippen molar-refractivity contribution in [3.63, 3.8) is 0 Å². The molecule has 6 aliphatic rings. The summed E-state index contributed by atoms with van der Waals surface area (Å²) in [5.41, 5.74) is 4.37. The van der Waals surface area contributed by atoms with Gasteiger partial charge < -0.3 is 124 Å². The molecule has 5 heterocycles. The van der Waals surface area contributed by atoms with Gasteiger partial charge in [0.25, 0.3) is 0 Å². The summed E-state index contributed by atoms with van der Waals surface area (Å²) in [7, 11) is 0. The van der Waals surface area contributed by atoms with Crippen molar-refractivity contribution in [2.24, 2.45) is 5.41 Å². The summed E-state index contributed by atoms with van der Waals surface area (Å²) < 4.78 is 57.2. The molecule has 24 unspecified atom stereocenters. The zero-order chi connectivity index (χ0) is 55.1. The molecular formula is C50H80O25. The summed E-state index contributed by atoms with van der Waals surface area (Å²) in [6.45, 7) is 6.19. The Morgan fingerprint density at radius 3 is 1.59 bits per heavy atom. The Labute approximate surface area is 434 Å². The highest BCUT2D eigenvalue weighted by Crippen LogP contribution is 2.41. The Morgan fingerprint density at radius 2 is 1.07 bits per heavy atom. The Hall–Kier alpha value is -2.30. The molecular weight excluding hydrogens is 1000 g/mol. The van der Waals surface area contributed by atoms with E-state index in [4.69, 9.17) is 47.4 Å². The molecule has 75 heavy (non-hydrogen) atoms. The van der Waals surface area contributed by atoms with Crippen LogP contribution in [0.25, 0.3) is 0 Å². The molecule has 1 aliphatic carbocycles. The van der Waals surface area contributed by atoms with Crippen LogP contribution in [0.2, 0.25) is 0 Å². The fraction of sp³-hybridized carbons (Fsp3) is 0.800. The van der Waals surface area contributed by atoms with Gasteiger partial charge in [-0.25, -0.2) is 0 Å². The van der Waals surface area contributed by atoms with Gasteiger partial charge in [-0.2, -0.15) is 0 Å². The Balaban J connectivity index is 1.13. The molecule has 0 radical (unpaired) electrons. The van der Waals surface area contributed by atoms with Crippen molar-refractivity contribution < 1.29 is 124 Å². The van der Waals surface area contributed by atoms with Crippen molar-refractivity contribution in [3.05, 3.63) is 58.7 Å². The van der Waals surface area contributed by atoms with E-state index in [1.54, 1.807) is 19.1 Å². The van der Waals surface area contributed by atoms with E-state index in [9.17, 15) is 76.6 Å². The SMILES string of the molecule is CC1=C(/C=C/C(C)=C/C=C/C(C)=C/C(O)OCC2OC(OC3C(CO)OC(OC4C(CO)OC(OC5C(CO)OCC(O)C5O)C(O)C4O)C(O)C3O)C(O)C(O)C2OC2OC(CO)C(O)CC2O)C(C)(C)CCC1. The smallest absolute Gasteiger partial charge is 0.187 e. The van der Waals surface area contributed by atoms with Gasteiger partial charge in [0.15, 0.2) is 31.5 Å². The Morgan fingerprint density at radius 1 is 0.587 bits per heavy atom. The van der Waals surface area contributed by atoms with Crippen LogP contribution in [-0.4, -0.2) is 264 Å². The van der Waals surface area contributed by atoms with Gasteiger partial charge in [0.2, 0.25) is 0 Å². The van der Waals surface area contributed by atoms with Gasteiger partial charge >= 0.3 is 0 Å². The van der Waals surface area contributed by atoms with Gasteiger partial charge in [0.05, 0.1) is 45.7 Å². The van der Waals surface area contributed by atoms with Gasteiger partial charge in [-0.05, 0) is 57.1 Å². The summed E-state index contributed by atoms with van der Waals surface area (Å²) in [4.78, 5) is 0. The van der Waals surface area contributed by atoms with E-state index in [1.165, 1.54) is 17.2 Å². The first kappa shape index (κ1) is 61.9. The van der Waals surface area contributed by atoms with E-state index in [0.29, 0.717) is 5.57 Å². The van der Waals surface area contributed by atoms with Crippen LogP contribution in [-0.2, 0) is 47.4 Å². The molecule has 25 nitrogen and oxygen atoms in total. The van der Waals surface area contributed by atoms with Crippen LogP contribution in [0.4, 0.5) is 0 Å². The average molecular weight is 1080 g/mol. The van der Waals surface area contributed by atoms with Crippen LogP contribution < -0.4 is 0 Å². The largest absolute Gasteiger partial charge is 0.394 e. The van der Waals surface area contributed by atoms with Crippen molar-refractivity contribution in [1.82, 2.24) is 0 Å². The minimum Gasteiger partial charge on any atom is -0.394 e. The highest BCUT2D eigenvalue weighted by atomic mass is 16.8. The van der Waals surface area contributed by atoms with Crippen molar-refractivity contribution in [3.8, 4) is 0 Å². The zero-order valence-corrected chi connectivity index (χ0v) is 42.7. The number of allylic oxidation sites excluding steroid dienone is 9. The lowest BCUT2D eigenvalue weighted by atomic mass is 9.72. The van der Waals surface area contributed by atoms with Gasteiger partial charge in [-0.1, -0.05) is 60.9 Å². The van der Waals surface area contributed by atoms with Crippen LogP contribution in [0.5, 0.6) is 0 Å². The normalized spacial score (nSPS) is 43.9. The fourth-order valence-electron chi connectivity index (χ4n) is 10.1. The summed E-state index contributed by atoms with van der Waals surface area (Å²) >= 11 is 0. The minimum absolute atomic E-state index is 0.0884. The maximum atomic E-state index is 11.6. The fourth-order valence-corrected chi connectivity index (χ4v) is 10.1. The predicted molar refractivity (Wildman–Crippen MR) is 255 cm³/mol. The van der Waals surface area contributed by atoms with E-state index in [1.807, 2.05) is 13.0 Å². The molecule has 0 aromatic carbocycles. The van der Waals surface area contributed by atoms with Gasteiger partial charge in [0.1, 0.15) is 110 Å². The lowest BCUT2D eigenvalue weighted by molar-refractivity contribution is -0.390. The number of rotatable bonds is 20. The molecule has 0 spiro atoms. The van der Waals surface area contributed by atoms with Crippen LogP contribution in [0.3, 0.4) is 0 Å². The molecule has 6 rings (SSSR count). The number of hydrogen-bond donors (Lipinski definition) is 15. The minimum atomic E-state index is -2.11. The van der Waals surface area contributed by atoms with Gasteiger partial charge in [-0.15, -0.1) is 0 Å². The molecule has 0 amide bonds. The molecule has 15 N–H and O–H groups in total. The highest BCUT2D eigenvalue weighted by Gasteiger charge is 2.55. The lowest BCUT2D eigenvalue weighted by Crippen LogP contribution is -2.67. The van der Waals surface area contributed by atoms with Crippen molar-refractivity contribution in [2.75, 3.05) is 39.6 Å². The molecule has 24 atom stereocenters. The topological polar surface area (TPSA) is 396 Å². The second-order valence-corrected chi connectivity index (χ2v) is 20.7. The van der Waals surface area contributed by atoms with E-state index >= 15 is 0 Å². The van der Waals surface area contributed by atoms with Gasteiger partial charge in [-0.3, -0.25) is 0 Å². The summed E-state index contributed by atoms with van der Waals surface area (Å²) in [6, 6.07) is 0. The maximum absolute atomic E-state index is 11.6. The lowest BCUT2D eigenvalue weighted by Gasteiger charge is -2.49.